The highest BCUT2D eigenvalue weighted by molar-refractivity contribution is 5.69. The molecule has 0 radical (unpaired) electrons. The van der Waals surface area contributed by atoms with Gasteiger partial charge in [-0.05, 0) is 70.6 Å². The number of carbonyl (C=O) groups excluding carboxylic acids is 1. The summed E-state index contributed by atoms with van der Waals surface area (Å²) >= 11 is 0. The third kappa shape index (κ3) is 30.7. The van der Waals surface area contributed by atoms with Crippen LogP contribution in [0.25, 0.3) is 0 Å². The van der Waals surface area contributed by atoms with Gasteiger partial charge in [0.15, 0.2) is 0 Å². The fourth-order valence-electron chi connectivity index (χ4n) is 4.90. The number of allylic oxidation sites excluding steroid dienone is 6. The average Bonchev–Trinajstić information content (AvgIpc) is 2.93. The molecule has 1 unspecified atom stereocenters. The molecule has 0 heterocycles. The third-order valence-electron chi connectivity index (χ3n) is 7.38. The van der Waals surface area contributed by atoms with E-state index in [1.165, 1.54) is 77.0 Å². The van der Waals surface area contributed by atoms with Gasteiger partial charge in [-0.25, -0.2) is 0 Å². The topological polar surface area (TPSA) is 63.6 Å². The molecule has 40 heavy (non-hydrogen) atoms. The van der Waals surface area contributed by atoms with Crippen molar-refractivity contribution in [3.05, 3.63) is 36.5 Å². The van der Waals surface area contributed by atoms with Gasteiger partial charge in [0.25, 0.3) is 0 Å². The molecule has 0 aromatic carbocycles. The predicted molar refractivity (Wildman–Crippen MR) is 172 cm³/mol. The van der Waals surface area contributed by atoms with Crippen LogP contribution in [-0.2, 0) is 14.3 Å². The van der Waals surface area contributed by atoms with Crippen LogP contribution in [0.1, 0.15) is 174 Å². The molecule has 1 N–H and O–H groups in total. The standard InChI is InChI=1S/C36H64O4/c1-3-5-7-9-11-13-15-16-17-18-19-21-23-25-27-33-36(39)40-34(31-28-29-32-35(37)38)30-26-24-22-20-14-12-10-8-6-4-2/h5,7,11,13,16-17,34H,3-4,6,8-10,12,14-15,18-33H2,1-2H3,(H,37,38)/b7-5-,13-11-,17-16-. The first-order valence-electron chi connectivity index (χ1n) is 17.0. The van der Waals surface area contributed by atoms with E-state index >= 15 is 0 Å². The van der Waals surface area contributed by atoms with Crippen LogP contribution >= 0.6 is 0 Å². The molecule has 0 aliphatic carbocycles. The van der Waals surface area contributed by atoms with Crippen molar-refractivity contribution in [2.75, 3.05) is 0 Å². The summed E-state index contributed by atoms with van der Waals surface area (Å²) in [5.74, 6) is -0.820. The van der Waals surface area contributed by atoms with Gasteiger partial charge >= 0.3 is 11.9 Å². The predicted octanol–water partition coefficient (Wildman–Crippen LogP) is 11.4. The molecule has 0 spiro atoms. The molecular formula is C36H64O4. The zero-order chi connectivity index (χ0) is 29.4. The molecule has 4 nitrogen and oxygen atoms in total. The van der Waals surface area contributed by atoms with E-state index in [9.17, 15) is 9.59 Å². The molecule has 232 valence electrons. The zero-order valence-corrected chi connectivity index (χ0v) is 26.4. The van der Waals surface area contributed by atoms with E-state index in [1.807, 2.05) is 0 Å². The van der Waals surface area contributed by atoms with E-state index in [4.69, 9.17) is 9.84 Å². The Morgan fingerprint density at radius 1 is 0.575 bits per heavy atom. The van der Waals surface area contributed by atoms with Gasteiger partial charge in [-0.3, -0.25) is 9.59 Å². The molecule has 0 amide bonds. The van der Waals surface area contributed by atoms with Crippen molar-refractivity contribution >= 4 is 11.9 Å². The van der Waals surface area contributed by atoms with E-state index in [-0.39, 0.29) is 18.5 Å². The highest BCUT2D eigenvalue weighted by Crippen LogP contribution is 2.18. The molecule has 0 aromatic heterocycles. The quantitative estimate of drug-likeness (QED) is 0.0539. The Bertz CT molecular complexity index is 649. The van der Waals surface area contributed by atoms with Gasteiger partial charge in [-0.2, -0.15) is 0 Å². The fourth-order valence-corrected chi connectivity index (χ4v) is 4.90. The first-order chi connectivity index (χ1) is 19.6. The van der Waals surface area contributed by atoms with Crippen LogP contribution in [-0.4, -0.2) is 23.1 Å². The molecule has 0 aromatic rings. The fraction of sp³-hybridized carbons (Fsp3) is 0.778. The summed E-state index contributed by atoms with van der Waals surface area (Å²) < 4.78 is 5.85. The summed E-state index contributed by atoms with van der Waals surface area (Å²) in [5.41, 5.74) is 0. The molecule has 1 atom stereocenters. The van der Waals surface area contributed by atoms with E-state index in [2.05, 4.69) is 50.3 Å². The summed E-state index contributed by atoms with van der Waals surface area (Å²) in [7, 11) is 0. The Labute approximate surface area is 248 Å². The second-order valence-electron chi connectivity index (χ2n) is 11.3. The van der Waals surface area contributed by atoms with E-state index in [0.717, 1.165) is 64.2 Å². The van der Waals surface area contributed by atoms with Crippen molar-refractivity contribution in [2.24, 2.45) is 0 Å². The molecular weight excluding hydrogens is 496 g/mol. The van der Waals surface area contributed by atoms with Crippen molar-refractivity contribution in [2.45, 2.75) is 180 Å². The number of carboxylic acid groups (broad SMARTS) is 1. The van der Waals surface area contributed by atoms with Gasteiger partial charge in [0.1, 0.15) is 6.10 Å². The van der Waals surface area contributed by atoms with Crippen molar-refractivity contribution in [3.63, 3.8) is 0 Å². The van der Waals surface area contributed by atoms with Gasteiger partial charge in [0.05, 0.1) is 0 Å². The minimum atomic E-state index is -0.748. The molecule has 0 saturated carbocycles. The van der Waals surface area contributed by atoms with Crippen molar-refractivity contribution in [3.8, 4) is 0 Å². The molecule has 4 heteroatoms. The number of carbonyl (C=O) groups is 2. The Balaban J connectivity index is 3.95. The van der Waals surface area contributed by atoms with Gasteiger partial charge in [0, 0.05) is 12.8 Å². The Morgan fingerprint density at radius 2 is 1.05 bits per heavy atom. The van der Waals surface area contributed by atoms with Gasteiger partial charge in [0.2, 0.25) is 0 Å². The van der Waals surface area contributed by atoms with Gasteiger partial charge < -0.3 is 9.84 Å². The first kappa shape index (κ1) is 38.2. The van der Waals surface area contributed by atoms with Crippen LogP contribution < -0.4 is 0 Å². The normalized spacial score (nSPS) is 12.7. The number of unbranched alkanes of at least 4 members (excludes halogenated alkanes) is 15. The summed E-state index contributed by atoms with van der Waals surface area (Å²) in [6.07, 6.45) is 40.0. The lowest BCUT2D eigenvalue weighted by Gasteiger charge is -2.18. The molecule has 0 aliphatic heterocycles. The minimum absolute atomic E-state index is 0.0511. The van der Waals surface area contributed by atoms with Crippen LogP contribution in [0.2, 0.25) is 0 Å². The number of rotatable bonds is 30. The molecule has 0 rings (SSSR count). The zero-order valence-electron chi connectivity index (χ0n) is 26.4. The second-order valence-corrected chi connectivity index (χ2v) is 11.3. The molecule has 0 bridgehead atoms. The smallest absolute Gasteiger partial charge is 0.306 e. The van der Waals surface area contributed by atoms with Gasteiger partial charge in [-0.1, -0.05) is 127 Å². The highest BCUT2D eigenvalue weighted by Gasteiger charge is 2.14. The van der Waals surface area contributed by atoms with Crippen LogP contribution in [0.5, 0.6) is 0 Å². The molecule has 0 fully saturated rings. The summed E-state index contributed by atoms with van der Waals surface area (Å²) in [5, 5.41) is 8.90. The Morgan fingerprint density at radius 3 is 1.65 bits per heavy atom. The SMILES string of the molecule is CC/C=C\C/C=C\C/C=C\CCCCCCCC(=O)OC(CCCCCCCCCCCC)CCCCC(=O)O. The van der Waals surface area contributed by atoms with E-state index in [1.54, 1.807) is 0 Å². The summed E-state index contributed by atoms with van der Waals surface area (Å²) in [6.45, 7) is 4.41. The van der Waals surface area contributed by atoms with Crippen molar-refractivity contribution in [1.29, 1.82) is 0 Å². The van der Waals surface area contributed by atoms with Crippen LogP contribution in [0.15, 0.2) is 36.5 Å². The number of ether oxygens (including phenoxy) is 1. The largest absolute Gasteiger partial charge is 0.481 e. The van der Waals surface area contributed by atoms with E-state index in [0.29, 0.717) is 12.8 Å². The van der Waals surface area contributed by atoms with Crippen LogP contribution in [0.4, 0.5) is 0 Å². The highest BCUT2D eigenvalue weighted by atomic mass is 16.5. The first-order valence-corrected chi connectivity index (χ1v) is 17.0. The number of carboxylic acids is 1. The lowest BCUT2D eigenvalue weighted by atomic mass is 10.0. The van der Waals surface area contributed by atoms with Crippen LogP contribution in [0.3, 0.4) is 0 Å². The maximum absolute atomic E-state index is 12.5. The van der Waals surface area contributed by atoms with E-state index < -0.39 is 5.97 Å². The van der Waals surface area contributed by atoms with Gasteiger partial charge in [-0.15, -0.1) is 0 Å². The maximum atomic E-state index is 12.5. The molecule has 0 saturated heterocycles. The monoisotopic (exact) mass is 560 g/mol. The molecule has 0 aliphatic rings. The number of hydrogen-bond donors (Lipinski definition) is 1. The summed E-state index contributed by atoms with van der Waals surface area (Å²) in [6, 6.07) is 0. The van der Waals surface area contributed by atoms with Crippen LogP contribution in [0, 0.1) is 0 Å². The second kappa shape index (κ2) is 31.7. The van der Waals surface area contributed by atoms with Crippen molar-refractivity contribution < 1.29 is 19.4 Å². The Kier molecular flexibility index (Phi) is 30.2. The Hall–Kier alpha value is -1.84. The minimum Gasteiger partial charge on any atom is -0.481 e. The van der Waals surface area contributed by atoms with Crippen molar-refractivity contribution in [1.82, 2.24) is 0 Å². The number of esters is 1. The lowest BCUT2D eigenvalue weighted by Crippen LogP contribution is -2.18. The number of aliphatic carboxylic acids is 1. The summed E-state index contributed by atoms with van der Waals surface area (Å²) in [4.78, 5) is 23.3. The maximum Gasteiger partial charge on any atom is 0.306 e. The number of hydrogen-bond acceptors (Lipinski definition) is 3. The third-order valence-corrected chi connectivity index (χ3v) is 7.38. The average molecular weight is 561 g/mol. The lowest BCUT2D eigenvalue weighted by molar-refractivity contribution is -0.150.